The first-order valence-corrected chi connectivity index (χ1v) is 6.23. The van der Waals surface area contributed by atoms with Crippen LogP contribution in [0, 0.1) is 18.8 Å². The lowest BCUT2D eigenvalue weighted by molar-refractivity contribution is 0.0605. The Hall–Kier alpha value is -1.10. The van der Waals surface area contributed by atoms with E-state index in [2.05, 4.69) is 22.0 Å². The molecule has 1 aliphatic rings. The maximum atomic E-state index is 11.4. The van der Waals surface area contributed by atoms with Gasteiger partial charge in [0.25, 0.3) is 0 Å². The molecule has 16 heavy (non-hydrogen) atoms. The Labute approximate surface area is 99.0 Å². The Bertz CT molecular complexity index is 403. The van der Waals surface area contributed by atoms with Crippen molar-refractivity contribution >= 4 is 22.4 Å². The predicted molar refractivity (Wildman–Crippen MR) is 64.0 cm³/mol. The zero-order valence-corrected chi connectivity index (χ0v) is 10.6. The van der Waals surface area contributed by atoms with E-state index in [1.165, 1.54) is 24.9 Å². The summed E-state index contributed by atoms with van der Waals surface area (Å²) in [5.74, 6) is 1.29. The third-order valence-electron chi connectivity index (χ3n) is 2.96. The summed E-state index contributed by atoms with van der Waals surface area (Å²) < 4.78 is 4.69. The van der Waals surface area contributed by atoms with Crippen molar-refractivity contribution in [3.05, 3.63) is 10.6 Å². The molecule has 88 valence electrons. The quantitative estimate of drug-likeness (QED) is 0.820. The highest BCUT2D eigenvalue weighted by molar-refractivity contribution is 7.17. The van der Waals surface area contributed by atoms with Crippen LogP contribution >= 0.6 is 11.3 Å². The number of hydrogen-bond donors (Lipinski definition) is 1. The van der Waals surface area contributed by atoms with Gasteiger partial charge in [0.1, 0.15) is 4.88 Å². The van der Waals surface area contributed by atoms with Crippen molar-refractivity contribution < 1.29 is 9.53 Å². The van der Waals surface area contributed by atoms with Gasteiger partial charge in [0.2, 0.25) is 0 Å². The molecule has 1 N–H and O–H groups in total. The minimum Gasteiger partial charge on any atom is -0.465 e. The summed E-state index contributed by atoms with van der Waals surface area (Å²) in [6, 6.07) is 0. The van der Waals surface area contributed by atoms with Crippen LogP contribution in [0.4, 0.5) is 5.13 Å². The Balaban J connectivity index is 1.97. The first kappa shape index (κ1) is 11.4. The number of ether oxygens (including phenoxy) is 1. The van der Waals surface area contributed by atoms with Crippen molar-refractivity contribution in [1.82, 2.24) is 4.98 Å². The van der Waals surface area contributed by atoms with Gasteiger partial charge in [0.05, 0.1) is 12.8 Å². The maximum Gasteiger partial charge on any atom is 0.350 e. The number of carbonyl (C=O) groups excluding carboxylic acids is 1. The molecule has 2 unspecified atom stereocenters. The van der Waals surface area contributed by atoms with Crippen LogP contribution in [-0.2, 0) is 4.74 Å². The molecule has 0 aromatic carbocycles. The molecule has 0 spiro atoms. The third kappa shape index (κ3) is 2.35. The van der Waals surface area contributed by atoms with E-state index in [0.29, 0.717) is 4.88 Å². The van der Waals surface area contributed by atoms with Crippen molar-refractivity contribution in [3.63, 3.8) is 0 Å². The second-order valence-electron chi connectivity index (χ2n) is 4.28. The van der Waals surface area contributed by atoms with Crippen molar-refractivity contribution in [2.75, 3.05) is 19.0 Å². The molecule has 0 aliphatic heterocycles. The molecule has 0 bridgehead atoms. The van der Waals surface area contributed by atoms with E-state index >= 15 is 0 Å². The molecule has 5 heteroatoms. The first-order valence-electron chi connectivity index (χ1n) is 5.41. The topological polar surface area (TPSA) is 51.2 Å². The molecule has 1 heterocycles. The zero-order valence-electron chi connectivity index (χ0n) is 9.74. The highest BCUT2D eigenvalue weighted by Crippen LogP contribution is 2.37. The monoisotopic (exact) mass is 240 g/mol. The fourth-order valence-corrected chi connectivity index (χ4v) is 2.55. The van der Waals surface area contributed by atoms with Gasteiger partial charge >= 0.3 is 5.97 Å². The SMILES string of the molecule is COC(=O)c1sc(NCC2CC2C)nc1C. The average Bonchev–Trinajstić information content (AvgIpc) is 2.84. The Morgan fingerprint density at radius 2 is 2.38 bits per heavy atom. The molecule has 1 aliphatic carbocycles. The average molecular weight is 240 g/mol. The lowest BCUT2D eigenvalue weighted by atomic mass is 10.3. The normalized spacial score (nSPS) is 22.9. The number of esters is 1. The summed E-state index contributed by atoms with van der Waals surface area (Å²) in [6.45, 7) is 5.03. The molecular weight excluding hydrogens is 224 g/mol. The summed E-state index contributed by atoms with van der Waals surface area (Å²) >= 11 is 1.37. The van der Waals surface area contributed by atoms with E-state index in [9.17, 15) is 4.79 Å². The Morgan fingerprint density at radius 3 is 2.94 bits per heavy atom. The largest absolute Gasteiger partial charge is 0.465 e. The molecule has 0 radical (unpaired) electrons. The van der Waals surface area contributed by atoms with Gasteiger partial charge in [0, 0.05) is 6.54 Å². The number of aryl methyl sites for hydroxylation is 1. The molecule has 1 saturated carbocycles. The van der Waals surface area contributed by atoms with Crippen LogP contribution in [0.15, 0.2) is 0 Å². The lowest BCUT2D eigenvalue weighted by Crippen LogP contribution is -2.03. The zero-order chi connectivity index (χ0) is 11.7. The minimum absolute atomic E-state index is 0.303. The van der Waals surface area contributed by atoms with E-state index < -0.39 is 0 Å². The van der Waals surface area contributed by atoms with E-state index in [-0.39, 0.29) is 5.97 Å². The van der Waals surface area contributed by atoms with E-state index in [1.54, 1.807) is 0 Å². The summed E-state index contributed by atoms with van der Waals surface area (Å²) in [6.07, 6.45) is 1.29. The first-order chi connectivity index (χ1) is 7.61. The van der Waals surface area contributed by atoms with Crippen molar-refractivity contribution in [1.29, 1.82) is 0 Å². The van der Waals surface area contributed by atoms with Crippen LogP contribution in [0.1, 0.15) is 28.7 Å². The second kappa shape index (κ2) is 4.41. The summed E-state index contributed by atoms with van der Waals surface area (Å²) in [4.78, 5) is 16.3. The van der Waals surface area contributed by atoms with E-state index in [0.717, 1.165) is 29.2 Å². The van der Waals surface area contributed by atoms with Gasteiger partial charge in [-0.05, 0) is 25.2 Å². The lowest BCUT2D eigenvalue weighted by Gasteiger charge is -1.99. The summed E-state index contributed by atoms with van der Waals surface area (Å²) in [7, 11) is 1.39. The number of rotatable bonds is 4. The molecule has 2 atom stereocenters. The number of anilines is 1. The van der Waals surface area contributed by atoms with Gasteiger partial charge in [-0.15, -0.1) is 0 Å². The molecular formula is C11H16N2O2S. The van der Waals surface area contributed by atoms with Crippen LogP contribution in [0.25, 0.3) is 0 Å². The second-order valence-corrected chi connectivity index (χ2v) is 5.28. The highest BCUT2D eigenvalue weighted by atomic mass is 32.1. The van der Waals surface area contributed by atoms with Crippen LogP contribution in [0.3, 0.4) is 0 Å². The number of aromatic nitrogens is 1. The van der Waals surface area contributed by atoms with Crippen LogP contribution in [-0.4, -0.2) is 24.6 Å². The molecule has 0 amide bonds. The van der Waals surface area contributed by atoms with Crippen LogP contribution in [0.2, 0.25) is 0 Å². The fourth-order valence-electron chi connectivity index (χ4n) is 1.66. The van der Waals surface area contributed by atoms with Crippen molar-refractivity contribution in [2.24, 2.45) is 11.8 Å². The van der Waals surface area contributed by atoms with Gasteiger partial charge in [-0.2, -0.15) is 0 Å². The van der Waals surface area contributed by atoms with Gasteiger partial charge in [-0.3, -0.25) is 0 Å². The molecule has 1 fully saturated rings. The fraction of sp³-hybridized carbons (Fsp3) is 0.636. The molecule has 1 aromatic rings. The highest BCUT2D eigenvalue weighted by Gasteiger charge is 2.32. The van der Waals surface area contributed by atoms with Crippen molar-refractivity contribution in [2.45, 2.75) is 20.3 Å². The molecule has 1 aromatic heterocycles. The number of nitrogens with zero attached hydrogens (tertiary/aromatic N) is 1. The standard InChI is InChI=1S/C11H16N2O2S/c1-6-4-8(6)5-12-11-13-7(2)9(16-11)10(14)15-3/h6,8H,4-5H2,1-3H3,(H,12,13). The number of carbonyl (C=O) groups is 1. The third-order valence-corrected chi connectivity index (χ3v) is 4.05. The smallest absolute Gasteiger partial charge is 0.350 e. The van der Waals surface area contributed by atoms with Crippen LogP contribution < -0.4 is 5.32 Å². The van der Waals surface area contributed by atoms with Crippen molar-refractivity contribution in [3.8, 4) is 0 Å². The summed E-state index contributed by atoms with van der Waals surface area (Å²) in [5.41, 5.74) is 0.739. The minimum atomic E-state index is -0.303. The van der Waals surface area contributed by atoms with Crippen LogP contribution in [0.5, 0.6) is 0 Å². The van der Waals surface area contributed by atoms with Gasteiger partial charge < -0.3 is 10.1 Å². The number of thiazole rings is 1. The van der Waals surface area contributed by atoms with Gasteiger partial charge in [-0.1, -0.05) is 18.3 Å². The molecule has 4 nitrogen and oxygen atoms in total. The maximum absolute atomic E-state index is 11.4. The van der Waals surface area contributed by atoms with E-state index in [4.69, 9.17) is 0 Å². The Morgan fingerprint density at radius 1 is 1.69 bits per heavy atom. The van der Waals surface area contributed by atoms with Gasteiger partial charge in [0.15, 0.2) is 5.13 Å². The Kier molecular flexibility index (Phi) is 3.14. The number of nitrogens with one attached hydrogen (secondary N) is 1. The predicted octanol–water partition coefficient (Wildman–Crippen LogP) is 2.31. The molecule has 0 saturated heterocycles. The van der Waals surface area contributed by atoms with Gasteiger partial charge in [-0.25, -0.2) is 9.78 Å². The number of methoxy groups -OCH3 is 1. The summed E-state index contributed by atoms with van der Waals surface area (Å²) in [5, 5.41) is 4.09. The van der Waals surface area contributed by atoms with E-state index in [1.807, 2.05) is 6.92 Å². The number of hydrogen-bond acceptors (Lipinski definition) is 5. The molecule has 2 rings (SSSR count).